The summed E-state index contributed by atoms with van der Waals surface area (Å²) in [6.45, 7) is 4.69. The third-order valence-electron chi connectivity index (χ3n) is 6.37. The number of carbonyl (C=O) groups is 1. The Morgan fingerprint density at radius 2 is 2.03 bits per heavy atom. The Kier molecular flexibility index (Phi) is 7.02. The molecule has 176 valence electrons. The number of carbonyl (C=O) groups excluding carboxylic acids is 1. The van der Waals surface area contributed by atoms with Gasteiger partial charge in [0, 0.05) is 55.6 Å². The second-order valence-electron chi connectivity index (χ2n) is 8.44. The Hall–Kier alpha value is -2.88. The van der Waals surface area contributed by atoms with E-state index in [0.717, 1.165) is 55.9 Å². The molecule has 3 aromatic heterocycles. The van der Waals surface area contributed by atoms with Gasteiger partial charge in [-0.05, 0) is 44.6 Å². The zero-order chi connectivity index (χ0) is 22.1. The summed E-state index contributed by atoms with van der Waals surface area (Å²) < 4.78 is 5.43. The molecule has 3 aromatic rings. The van der Waals surface area contributed by atoms with Crippen molar-refractivity contribution in [3.63, 3.8) is 0 Å². The van der Waals surface area contributed by atoms with E-state index in [2.05, 4.69) is 48.5 Å². The average Bonchev–Trinajstić information content (AvgIpc) is 3.44. The number of hydrogen-bond acceptors (Lipinski definition) is 7. The molecule has 10 heteroatoms. The fourth-order valence-electron chi connectivity index (χ4n) is 4.61. The van der Waals surface area contributed by atoms with Crippen molar-refractivity contribution < 1.29 is 9.53 Å². The highest BCUT2D eigenvalue weighted by Crippen LogP contribution is 2.32. The number of methoxy groups -OCH3 is 1. The molecule has 0 bridgehead atoms. The van der Waals surface area contributed by atoms with Crippen molar-refractivity contribution in [3.8, 4) is 5.88 Å². The SMILES string of the molecule is COc1nc(N2CCNCC2)ccc1C(=O)Nc1cc2[nH]c([C@H]3CCCN3C)cc2cn1.Cl. The Bertz CT molecular complexity index is 1130. The van der Waals surface area contributed by atoms with E-state index in [-0.39, 0.29) is 18.3 Å². The van der Waals surface area contributed by atoms with E-state index in [1.54, 1.807) is 12.3 Å². The fraction of sp³-hybridized carbons (Fsp3) is 0.435. The lowest BCUT2D eigenvalue weighted by atomic mass is 10.1. The van der Waals surface area contributed by atoms with Gasteiger partial charge in [0.05, 0.1) is 12.6 Å². The minimum absolute atomic E-state index is 0. The lowest BCUT2D eigenvalue weighted by Crippen LogP contribution is -2.43. The molecule has 2 aliphatic rings. The van der Waals surface area contributed by atoms with Gasteiger partial charge < -0.3 is 25.3 Å². The number of fused-ring (bicyclic) bond motifs is 1. The maximum absolute atomic E-state index is 13.0. The van der Waals surface area contributed by atoms with E-state index in [4.69, 9.17) is 4.74 Å². The molecule has 5 rings (SSSR count). The summed E-state index contributed by atoms with van der Waals surface area (Å²) in [4.78, 5) is 30.0. The van der Waals surface area contributed by atoms with Crippen LogP contribution in [0.2, 0.25) is 0 Å². The maximum Gasteiger partial charge on any atom is 0.262 e. The lowest BCUT2D eigenvalue weighted by molar-refractivity contribution is 0.102. The van der Waals surface area contributed by atoms with Gasteiger partial charge in [0.2, 0.25) is 5.88 Å². The third kappa shape index (κ3) is 4.75. The maximum atomic E-state index is 13.0. The summed E-state index contributed by atoms with van der Waals surface area (Å²) in [5, 5.41) is 7.25. The van der Waals surface area contributed by atoms with E-state index in [0.29, 0.717) is 23.3 Å². The van der Waals surface area contributed by atoms with Gasteiger partial charge in [0.1, 0.15) is 17.2 Å². The quantitative estimate of drug-likeness (QED) is 0.526. The zero-order valence-electron chi connectivity index (χ0n) is 18.9. The van der Waals surface area contributed by atoms with E-state index in [9.17, 15) is 4.79 Å². The van der Waals surface area contributed by atoms with Crippen molar-refractivity contribution >= 4 is 40.9 Å². The summed E-state index contributed by atoms with van der Waals surface area (Å²) in [5.41, 5.74) is 2.54. The summed E-state index contributed by atoms with van der Waals surface area (Å²) >= 11 is 0. The number of ether oxygens (including phenoxy) is 1. The molecule has 2 aliphatic heterocycles. The Morgan fingerprint density at radius 1 is 1.21 bits per heavy atom. The Labute approximate surface area is 199 Å². The fourth-order valence-corrected chi connectivity index (χ4v) is 4.61. The molecule has 33 heavy (non-hydrogen) atoms. The highest BCUT2D eigenvalue weighted by Gasteiger charge is 2.24. The van der Waals surface area contributed by atoms with Crippen LogP contribution in [0.15, 0.2) is 30.5 Å². The first-order valence-electron chi connectivity index (χ1n) is 11.1. The molecule has 3 N–H and O–H groups in total. The highest BCUT2D eigenvalue weighted by atomic mass is 35.5. The van der Waals surface area contributed by atoms with E-state index in [1.807, 2.05) is 12.1 Å². The van der Waals surface area contributed by atoms with E-state index >= 15 is 0 Å². The number of aromatic nitrogens is 3. The minimum Gasteiger partial charge on any atom is -0.480 e. The van der Waals surface area contributed by atoms with Crippen LogP contribution in [-0.4, -0.2) is 72.6 Å². The summed E-state index contributed by atoms with van der Waals surface area (Å²) in [6.07, 6.45) is 4.15. The van der Waals surface area contributed by atoms with Crippen molar-refractivity contribution in [1.82, 2.24) is 25.2 Å². The smallest absolute Gasteiger partial charge is 0.262 e. The molecule has 0 radical (unpaired) electrons. The molecule has 2 saturated heterocycles. The number of nitrogens with zero attached hydrogens (tertiary/aromatic N) is 4. The number of H-pyrrole nitrogens is 1. The van der Waals surface area contributed by atoms with Gasteiger partial charge in [-0.2, -0.15) is 4.98 Å². The number of halogens is 1. The van der Waals surface area contributed by atoms with Crippen molar-refractivity contribution in [1.29, 1.82) is 0 Å². The number of likely N-dealkylation sites (tertiary alicyclic amines) is 1. The predicted octanol–water partition coefficient (Wildman–Crippen LogP) is 2.82. The van der Waals surface area contributed by atoms with Crippen LogP contribution in [0.4, 0.5) is 11.6 Å². The van der Waals surface area contributed by atoms with Crippen LogP contribution in [-0.2, 0) is 0 Å². The molecule has 0 aromatic carbocycles. The summed E-state index contributed by atoms with van der Waals surface area (Å²) in [6, 6.07) is 8.07. The predicted molar refractivity (Wildman–Crippen MR) is 132 cm³/mol. The number of piperazine rings is 1. The Morgan fingerprint density at radius 3 is 2.76 bits per heavy atom. The van der Waals surface area contributed by atoms with Crippen molar-refractivity contribution in [2.24, 2.45) is 0 Å². The molecule has 0 spiro atoms. The van der Waals surface area contributed by atoms with Crippen molar-refractivity contribution in [2.75, 3.05) is 57.1 Å². The first-order valence-corrected chi connectivity index (χ1v) is 11.1. The van der Waals surface area contributed by atoms with Gasteiger partial charge in [-0.3, -0.25) is 9.69 Å². The third-order valence-corrected chi connectivity index (χ3v) is 6.37. The van der Waals surface area contributed by atoms with Gasteiger partial charge in [-0.1, -0.05) is 0 Å². The van der Waals surface area contributed by atoms with E-state index < -0.39 is 0 Å². The number of nitrogens with one attached hydrogen (secondary N) is 3. The van der Waals surface area contributed by atoms with Crippen LogP contribution < -0.4 is 20.3 Å². The summed E-state index contributed by atoms with van der Waals surface area (Å²) in [5.74, 6) is 1.32. The van der Waals surface area contributed by atoms with Gasteiger partial charge in [-0.15, -0.1) is 12.4 Å². The van der Waals surface area contributed by atoms with Crippen LogP contribution >= 0.6 is 12.4 Å². The van der Waals surface area contributed by atoms with Crippen LogP contribution in [0.5, 0.6) is 5.88 Å². The van der Waals surface area contributed by atoms with Gasteiger partial charge in [0.25, 0.3) is 5.91 Å². The first-order chi connectivity index (χ1) is 15.6. The molecule has 5 heterocycles. The number of rotatable bonds is 5. The average molecular weight is 472 g/mol. The minimum atomic E-state index is -0.296. The second-order valence-corrected chi connectivity index (χ2v) is 8.44. The number of pyridine rings is 2. The molecule has 2 fully saturated rings. The first kappa shape index (κ1) is 23.3. The van der Waals surface area contributed by atoms with Crippen LogP contribution in [0, 0.1) is 0 Å². The molecular weight excluding hydrogens is 442 g/mol. The molecule has 0 aliphatic carbocycles. The molecule has 1 amide bonds. The van der Waals surface area contributed by atoms with Crippen LogP contribution in [0.3, 0.4) is 0 Å². The zero-order valence-corrected chi connectivity index (χ0v) is 19.7. The summed E-state index contributed by atoms with van der Waals surface area (Å²) in [7, 11) is 3.69. The Balaban J connectivity index is 0.00000259. The molecule has 0 saturated carbocycles. The largest absolute Gasteiger partial charge is 0.480 e. The lowest BCUT2D eigenvalue weighted by Gasteiger charge is -2.28. The number of amides is 1. The van der Waals surface area contributed by atoms with Crippen LogP contribution in [0.25, 0.3) is 10.9 Å². The van der Waals surface area contributed by atoms with Crippen LogP contribution in [0.1, 0.15) is 34.9 Å². The van der Waals surface area contributed by atoms with Gasteiger partial charge in [-0.25, -0.2) is 4.98 Å². The second kappa shape index (κ2) is 9.94. The molecule has 9 nitrogen and oxygen atoms in total. The van der Waals surface area contributed by atoms with E-state index in [1.165, 1.54) is 19.2 Å². The molecule has 1 atom stereocenters. The normalized spacial score (nSPS) is 18.8. The monoisotopic (exact) mass is 471 g/mol. The molecule has 0 unspecified atom stereocenters. The topological polar surface area (TPSA) is 98.4 Å². The molecular formula is C23H30ClN7O2. The number of hydrogen-bond donors (Lipinski definition) is 3. The van der Waals surface area contributed by atoms with Crippen molar-refractivity contribution in [3.05, 3.63) is 41.7 Å². The van der Waals surface area contributed by atoms with Crippen molar-refractivity contribution in [2.45, 2.75) is 18.9 Å². The van der Waals surface area contributed by atoms with Gasteiger partial charge >= 0.3 is 0 Å². The number of anilines is 2. The van der Waals surface area contributed by atoms with Gasteiger partial charge in [0.15, 0.2) is 0 Å². The standard InChI is InChI=1S/C23H29N7O2.ClH/c1-29-9-3-4-19(29)18-12-15-14-25-20(13-17(15)26-18)27-22(31)16-5-6-21(28-23(16)32-2)30-10-7-24-8-11-30;/h5-6,12-14,19,24,26H,3-4,7-11H2,1-2H3,(H,25,27,31);1H/t19-;/m1./s1. The number of aromatic amines is 1. The highest BCUT2D eigenvalue weighted by molar-refractivity contribution is 6.06.